The maximum absolute atomic E-state index is 13.7. The van der Waals surface area contributed by atoms with Crippen LogP contribution in [0.5, 0.6) is 0 Å². The molecular formula is C43H66N4O3. The van der Waals surface area contributed by atoms with E-state index in [0.29, 0.717) is 11.8 Å². The molecule has 0 amide bonds. The zero-order valence-corrected chi connectivity index (χ0v) is 32.9. The van der Waals surface area contributed by atoms with E-state index in [-0.39, 0.29) is 33.0 Å². The highest BCUT2D eigenvalue weighted by atomic mass is 16.5. The van der Waals surface area contributed by atoms with E-state index in [0.717, 1.165) is 77.8 Å². The van der Waals surface area contributed by atoms with Gasteiger partial charge in [-0.1, -0.05) is 60.1 Å². The van der Waals surface area contributed by atoms with Gasteiger partial charge in [-0.25, -0.2) is 0 Å². The molecule has 6 aliphatic rings. The van der Waals surface area contributed by atoms with Crippen LogP contribution in [-0.2, 0) is 21.4 Å². The van der Waals surface area contributed by atoms with Gasteiger partial charge in [-0.2, -0.15) is 5.10 Å². The van der Waals surface area contributed by atoms with Crippen LogP contribution in [0.2, 0.25) is 0 Å². The standard InChI is InChI=1S/C43H66N4O3/c1-11-28(26-47-18-20-50-21-19-47)31(25-44-10)29-22-34-40(7)23-30-27(2)45-46-36(30)39(5,6)33(40)12-13-41(34,8)42(9)15-17-43(37(48)49)16-14-38(3,4)24-32(43)35(29)42/h11,25,32-34,44H,12-24,26H2,1-10H3,(H,45,46)(H,48,49)/b28-11-,31-25+/t32-,33-,34?,40-,41+,42+,43-/m0/s1. The number of aromatic nitrogens is 2. The summed E-state index contributed by atoms with van der Waals surface area (Å²) in [6, 6.07) is 0. The largest absolute Gasteiger partial charge is 0.481 e. The molecule has 3 N–H and O–H groups in total. The fourth-order valence-electron chi connectivity index (χ4n) is 13.4. The zero-order valence-electron chi connectivity index (χ0n) is 32.9. The molecule has 0 aromatic carbocycles. The number of H-pyrrole nitrogens is 1. The number of ether oxygens (including phenoxy) is 1. The maximum atomic E-state index is 13.7. The lowest BCUT2D eigenvalue weighted by molar-refractivity contribution is -0.178. The number of nitrogens with zero attached hydrogens (tertiary/aromatic N) is 2. The van der Waals surface area contributed by atoms with E-state index in [2.05, 4.69) is 89.9 Å². The number of rotatable bonds is 6. The van der Waals surface area contributed by atoms with Crippen LogP contribution in [0.15, 0.2) is 34.6 Å². The van der Waals surface area contributed by atoms with Crippen molar-refractivity contribution in [3.8, 4) is 0 Å². The minimum Gasteiger partial charge on any atom is -0.481 e. The first-order chi connectivity index (χ1) is 23.5. The molecule has 0 radical (unpaired) electrons. The molecule has 0 spiro atoms. The molecular weight excluding hydrogens is 620 g/mol. The van der Waals surface area contributed by atoms with Crippen molar-refractivity contribution in [3.63, 3.8) is 0 Å². The van der Waals surface area contributed by atoms with Crippen LogP contribution in [-0.4, -0.2) is 66.1 Å². The number of aromatic amines is 1. The third kappa shape index (κ3) is 5.01. The third-order valence-electron chi connectivity index (χ3n) is 16.3. The minimum atomic E-state index is -0.694. The molecule has 1 aromatic heterocycles. The van der Waals surface area contributed by atoms with Gasteiger partial charge >= 0.3 is 5.97 Å². The highest BCUT2D eigenvalue weighted by Crippen LogP contribution is 2.77. The SMILES string of the molecule is C/C=C(CN1CCOCC1)\C(=C/NC)C1=C2[C@@H]3CC(C)(C)CC[C@]3(C(=O)O)CC[C@@]2(C)[C@]2(C)CC[C@H]3C(C)(C)c4n[nH]c(C)c4C[C@]3(C)C2C1. The Morgan fingerprint density at radius 1 is 1.04 bits per heavy atom. The van der Waals surface area contributed by atoms with Crippen molar-refractivity contribution in [2.24, 2.45) is 44.8 Å². The van der Waals surface area contributed by atoms with E-state index in [1.54, 1.807) is 0 Å². The number of fused-ring (bicyclic) bond motifs is 8. The molecule has 2 heterocycles. The third-order valence-corrected chi connectivity index (χ3v) is 16.3. The highest BCUT2D eigenvalue weighted by molar-refractivity contribution is 5.77. The van der Waals surface area contributed by atoms with Crippen LogP contribution >= 0.6 is 0 Å². The average Bonchev–Trinajstić information content (AvgIpc) is 3.43. The van der Waals surface area contributed by atoms with Crippen LogP contribution in [0.4, 0.5) is 0 Å². The number of morpholine rings is 1. The first-order valence-corrected chi connectivity index (χ1v) is 19.8. The predicted molar refractivity (Wildman–Crippen MR) is 201 cm³/mol. The van der Waals surface area contributed by atoms with Gasteiger partial charge in [-0.3, -0.25) is 14.8 Å². The molecule has 1 aliphatic heterocycles. The Labute approximate surface area is 302 Å². The minimum absolute atomic E-state index is 0.0215. The summed E-state index contributed by atoms with van der Waals surface area (Å²) >= 11 is 0. The second-order valence-corrected chi connectivity index (χ2v) is 19.5. The quantitative estimate of drug-likeness (QED) is 0.261. The summed E-state index contributed by atoms with van der Waals surface area (Å²) in [5.41, 5.74) is 9.02. The molecule has 276 valence electrons. The van der Waals surface area contributed by atoms with E-state index in [1.807, 2.05) is 7.05 Å². The summed E-state index contributed by atoms with van der Waals surface area (Å²) in [7, 11) is 2.04. The number of carbonyl (C=O) groups is 1. The van der Waals surface area contributed by atoms with Gasteiger partial charge in [-0.05, 0) is 133 Å². The molecule has 5 aliphatic carbocycles. The van der Waals surface area contributed by atoms with Crippen molar-refractivity contribution in [2.75, 3.05) is 39.9 Å². The molecule has 4 fully saturated rings. The molecule has 1 aromatic rings. The Bertz CT molecular complexity index is 1630. The Balaban J connectivity index is 1.47. The molecule has 1 unspecified atom stereocenters. The first-order valence-electron chi connectivity index (χ1n) is 19.8. The van der Waals surface area contributed by atoms with Crippen LogP contribution in [0.1, 0.15) is 124 Å². The van der Waals surface area contributed by atoms with Gasteiger partial charge in [0.2, 0.25) is 0 Å². The Kier molecular flexibility index (Phi) is 8.70. The van der Waals surface area contributed by atoms with Crippen molar-refractivity contribution < 1.29 is 14.6 Å². The number of aliphatic carboxylic acids is 1. The molecule has 7 atom stereocenters. The lowest BCUT2D eigenvalue weighted by Crippen LogP contribution is -2.65. The first kappa shape index (κ1) is 36.0. The van der Waals surface area contributed by atoms with Crippen molar-refractivity contribution in [1.29, 1.82) is 0 Å². The number of carboxylic acid groups (broad SMARTS) is 1. The van der Waals surface area contributed by atoms with Crippen molar-refractivity contribution in [2.45, 2.75) is 126 Å². The van der Waals surface area contributed by atoms with Crippen LogP contribution in [0.3, 0.4) is 0 Å². The number of hydrogen-bond donors (Lipinski definition) is 3. The Morgan fingerprint density at radius 2 is 1.74 bits per heavy atom. The fraction of sp³-hybridized carbons (Fsp3) is 0.767. The van der Waals surface area contributed by atoms with Gasteiger partial charge in [0.1, 0.15) is 0 Å². The summed E-state index contributed by atoms with van der Waals surface area (Å²) in [6.45, 7) is 26.3. The predicted octanol–water partition coefficient (Wildman–Crippen LogP) is 8.37. The van der Waals surface area contributed by atoms with Gasteiger partial charge in [0, 0.05) is 44.0 Å². The maximum Gasteiger partial charge on any atom is 0.310 e. The van der Waals surface area contributed by atoms with Gasteiger partial charge in [-0.15, -0.1) is 0 Å². The summed E-state index contributed by atoms with van der Waals surface area (Å²) in [5, 5.41) is 23.1. The number of nitrogens with one attached hydrogen (secondary N) is 2. The van der Waals surface area contributed by atoms with E-state index in [1.165, 1.54) is 52.1 Å². The topological polar surface area (TPSA) is 90.5 Å². The van der Waals surface area contributed by atoms with E-state index in [9.17, 15) is 9.90 Å². The van der Waals surface area contributed by atoms with Gasteiger partial charge in [0.15, 0.2) is 0 Å². The molecule has 7 heteroatoms. The Hall–Kier alpha value is -2.38. The van der Waals surface area contributed by atoms with E-state index < -0.39 is 11.4 Å². The number of carboxylic acids is 1. The van der Waals surface area contributed by atoms with E-state index in [4.69, 9.17) is 9.84 Å². The fourth-order valence-corrected chi connectivity index (χ4v) is 13.4. The highest BCUT2D eigenvalue weighted by Gasteiger charge is 2.70. The summed E-state index contributed by atoms with van der Waals surface area (Å²) < 4.78 is 5.75. The van der Waals surface area contributed by atoms with E-state index >= 15 is 0 Å². The van der Waals surface area contributed by atoms with Crippen LogP contribution in [0, 0.1) is 51.8 Å². The van der Waals surface area contributed by atoms with Crippen LogP contribution < -0.4 is 5.32 Å². The number of hydrogen-bond acceptors (Lipinski definition) is 5. The van der Waals surface area contributed by atoms with Gasteiger partial charge in [0.05, 0.1) is 24.3 Å². The average molecular weight is 687 g/mol. The summed E-state index contributed by atoms with van der Waals surface area (Å²) in [5.74, 6) is 0.449. The number of allylic oxidation sites excluding steroid dienone is 3. The van der Waals surface area contributed by atoms with Crippen molar-refractivity contribution in [3.05, 3.63) is 51.5 Å². The van der Waals surface area contributed by atoms with Gasteiger partial charge < -0.3 is 15.2 Å². The smallest absolute Gasteiger partial charge is 0.310 e. The summed E-state index contributed by atoms with van der Waals surface area (Å²) in [4.78, 5) is 16.2. The second-order valence-electron chi connectivity index (χ2n) is 19.5. The van der Waals surface area contributed by atoms with Gasteiger partial charge in [0.25, 0.3) is 0 Å². The molecule has 7 nitrogen and oxygen atoms in total. The lowest BCUT2D eigenvalue weighted by Gasteiger charge is -2.71. The molecule has 0 bridgehead atoms. The molecule has 3 saturated carbocycles. The number of aryl methyl sites for hydroxylation is 1. The lowest BCUT2D eigenvalue weighted by atomic mass is 9.32. The molecule has 7 rings (SSSR count). The normalized spacial score (nSPS) is 39.8. The summed E-state index contributed by atoms with van der Waals surface area (Å²) in [6.07, 6.45) is 13.5. The zero-order chi connectivity index (χ0) is 36.1. The van der Waals surface area contributed by atoms with Crippen LogP contribution in [0.25, 0.3) is 0 Å². The Morgan fingerprint density at radius 3 is 2.40 bits per heavy atom. The monoisotopic (exact) mass is 687 g/mol. The molecule has 1 saturated heterocycles. The second kappa shape index (κ2) is 12.1. The van der Waals surface area contributed by atoms with Crippen molar-refractivity contribution in [1.82, 2.24) is 20.4 Å². The molecule has 50 heavy (non-hydrogen) atoms. The van der Waals surface area contributed by atoms with Crippen molar-refractivity contribution >= 4 is 5.97 Å².